The Morgan fingerprint density at radius 2 is 2.36 bits per heavy atom. The number of halogens is 1. The maximum absolute atomic E-state index is 6.06. The molecule has 1 heterocycles. The predicted octanol–water partition coefficient (Wildman–Crippen LogP) is 2.10. The second-order valence-corrected chi connectivity index (χ2v) is 3.78. The molecule has 0 amide bonds. The molecule has 1 N–H and O–H groups in total. The number of aryl methyl sites for hydroxylation is 1. The van der Waals surface area contributed by atoms with Crippen molar-refractivity contribution in [1.29, 1.82) is 0 Å². The molecular weight excluding hydrogens is 198 g/mol. The topological polar surface area (TPSA) is 29.9 Å². The molecule has 0 aliphatic rings. The lowest BCUT2D eigenvalue weighted by Crippen LogP contribution is -2.11. The molecule has 0 saturated heterocycles. The molecule has 0 aliphatic heterocycles. The number of nitrogens with one attached hydrogen (secondary N) is 1. The fraction of sp³-hybridized carbons (Fsp3) is 0.700. The summed E-state index contributed by atoms with van der Waals surface area (Å²) in [6.07, 6.45) is 4.94. The lowest BCUT2D eigenvalue weighted by atomic mass is 10.2. The number of rotatable bonds is 6. The smallest absolute Gasteiger partial charge is 0.0817 e. The Morgan fingerprint density at radius 1 is 1.57 bits per heavy atom. The minimum absolute atomic E-state index is 0.801. The van der Waals surface area contributed by atoms with E-state index < -0.39 is 0 Å². The molecule has 1 aromatic rings. The van der Waals surface area contributed by atoms with Crippen molar-refractivity contribution in [1.82, 2.24) is 15.1 Å². The number of hydrogen-bond donors (Lipinski definition) is 1. The second-order valence-electron chi connectivity index (χ2n) is 3.37. The molecule has 4 heteroatoms. The van der Waals surface area contributed by atoms with Crippen molar-refractivity contribution in [2.24, 2.45) is 0 Å². The first-order chi connectivity index (χ1) is 6.79. The van der Waals surface area contributed by atoms with Gasteiger partial charge in [-0.15, -0.1) is 0 Å². The number of hydrogen-bond acceptors (Lipinski definition) is 2. The highest BCUT2D eigenvalue weighted by atomic mass is 35.5. The summed E-state index contributed by atoms with van der Waals surface area (Å²) < 4.78 is 2.01. The first-order valence-corrected chi connectivity index (χ1v) is 5.52. The van der Waals surface area contributed by atoms with Gasteiger partial charge in [0.2, 0.25) is 0 Å². The maximum atomic E-state index is 6.06. The van der Waals surface area contributed by atoms with Gasteiger partial charge in [0, 0.05) is 6.54 Å². The van der Waals surface area contributed by atoms with Crippen LogP contribution in [0, 0.1) is 0 Å². The number of aromatic nitrogens is 2. The fourth-order valence-corrected chi connectivity index (χ4v) is 1.71. The van der Waals surface area contributed by atoms with Crippen LogP contribution >= 0.6 is 11.6 Å². The Bertz CT molecular complexity index is 270. The molecule has 0 aromatic carbocycles. The molecule has 0 bridgehead atoms. The van der Waals surface area contributed by atoms with Crippen molar-refractivity contribution in [3.05, 3.63) is 16.9 Å². The van der Waals surface area contributed by atoms with Crippen LogP contribution in [0.15, 0.2) is 6.20 Å². The van der Waals surface area contributed by atoms with Crippen molar-refractivity contribution in [2.45, 2.75) is 32.7 Å². The van der Waals surface area contributed by atoms with Crippen molar-refractivity contribution in [3.8, 4) is 0 Å². The van der Waals surface area contributed by atoms with Crippen LogP contribution in [0.1, 0.15) is 25.5 Å². The molecule has 1 rings (SSSR count). The van der Waals surface area contributed by atoms with E-state index in [2.05, 4.69) is 17.3 Å². The predicted molar refractivity (Wildman–Crippen MR) is 59.8 cm³/mol. The summed E-state index contributed by atoms with van der Waals surface area (Å²) in [5.74, 6) is 0. The van der Waals surface area contributed by atoms with E-state index in [1.54, 1.807) is 6.20 Å². The van der Waals surface area contributed by atoms with Crippen molar-refractivity contribution < 1.29 is 0 Å². The van der Waals surface area contributed by atoms with Gasteiger partial charge in [-0.1, -0.05) is 18.5 Å². The first-order valence-electron chi connectivity index (χ1n) is 5.14. The fourth-order valence-electron chi connectivity index (χ4n) is 1.47. The van der Waals surface area contributed by atoms with Gasteiger partial charge in [-0.25, -0.2) is 0 Å². The summed E-state index contributed by atoms with van der Waals surface area (Å²) in [6, 6.07) is 0. The third kappa shape index (κ3) is 3.00. The van der Waals surface area contributed by atoms with E-state index in [1.807, 2.05) is 11.7 Å². The Morgan fingerprint density at radius 3 is 3.00 bits per heavy atom. The highest BCUT2D eigenvalue weighted by Gasteiger charge is 2.07. The third-order valence-corrected chi connectivity index (χ3v) is 2.49. The molecule has 0 aliphatic carbocycles. The van der Waals surface area contributed by atoms with Crippen LogP contribution in [0.5, 0.6) is 0 Å². The highest BCUT2D eigenvalue weighted by Crippen LogP contribution is 2.16. The summed E-state index contributed by atoms with van der Waals surface area (Å²) >= 11 is 6.06. The van der Waals surface area contributed by atoms with E-state index in [0.29, 0.717) is 0 Å². The molecule has 1 aromatic heterocycles. The van der Waals surface area contributed by atoms with Crippen molar-refractivity contribution >= 4 is 11.6 Å². The van der Waals surface area contributed by atoms with Gasteiger partial charge in [0.1, 0.15) is 0 Å². The van der Waals surface area contributed by atoms with Gasteiger partial charge in [0.15, 0.2) is 0 Å². The van der Waals surface area contributed by atoms with Gasteiger partial charge >= 0.3 is 0 Å². The van der Waals surface area contributed by atoms with Gasteiger partial charge in [0.25, 0.3) is 0 Å². The average molecular weight is 216 g/mol. The average Bonchev–Trinajstić information content (AvgIpc) is 2.50. The minimum Gasteiger partial charge on any atom is -0.320 e. The molecule has 0 saturated carbocycles. The van der Waals surface area contributed by atoms with Crippen LogP contribution < -0.4 is 5.32 Å². The van der Waals surface area contributed by atoms with Gasteiger partial charge < -0.3 is 5.32 Å². The first kappa shape index (κ1) is 11.5. The molecule has 3 nitrogen and oxygen atoms in total. The van der Waals surface area contributed by atoms with E-state index in [4.69, 9.17) is 11.6 Å². The molecular formula is C10H18ClN3. The zero-order chi connectivity index (χ0) is 10.4. The van der Waals surface area contributed by atoms with Gasteiger partial charge in [-0.2, -0.15) is 5.10 Å². The van der Waals surface area contributed by atoms with Crippen molar-refractivity contribution in [2.75, 3.05) is 13.6 Å². The van der Waals surface area contributed by atoms with Gasteiger partial charge in [-0.3, -0.25) is 4.68 Å². The molecule has 0 fully saturated rings. The zero-order valence-corrected chi connectivity index (χ0v) is 9.64. The molecule has 0 spiro atoms. The molecule has 0 radical (unpaired) electrons. The van der Waals surface area contributed by atoms with E-state index in [-0.39, 0.29) is 0 Å². The summed E-state index contributed by atoms with van der Waals surface area (Å²) in [5.41, 5.74) is 1.17. The minimum atomic E-state index is 0.801. The summed E-state index contributed by atoms with van der Waals surface area (Å²) in [7, 11) is 1.96. The standard InChI is InChI=1S/C10H18ClN3/c1-3-7-14-10(5-4-6-12-2)9(11)8-13-14/h8,12H,3-7H2,1-2H3. The van der Waals surface area contributed by atoms with E-state index in [1.165, 1.54) is 5.69 Å². The molecule has 0 atom stereocenters. The quantitative estimate of drug-likeness (QED) is 0.737. The SMILES string of the molecule is CCCn1ncc(Cl)c1CCCNC. The normalized spacial score (nSPS) is 10.8. The second kappa shape index (κ2) is 6.04. The van der Waals surface area contributed by atoms with Crippen LogP contribution in [-0.4, -0.2) is 23.4 Å². The van der Waals surface area contributed by atoms with Crippen LogP contribution in [-0.2, 0) is 13.0 Å². The highest BCUT2D eigenvalue weighted by molar-refractivity contribution is 6.31. The molecule has 14 heavy (non-hydrogen) atoms. The maximum Gasteiger partial charge on any atom is 0.0817 e. The van der Waals surface area contributed by atoms with Crippen LogP contribution in [0.3, 0.4) is 0 Å². The monoisotopic (exact) mass is 215 g/mol. The number of nitrogens with zero attached hydrogens (tertiary/aromatic N) is 2. The Hall–Kier alpha value is -0.540. The van der Waals surface area contributed by atoms with E-state index in [0.717, 1.165) is 37.4 Å². The third-order valence-electron chi connectivity index (χ3n) is 2.17. The Labute approximate surface area is 90.4 Å². The van der Waals surface area contributed by atoms with Crippen molar-refractivity contribution in [3.63, 3.8) is 0 Å². The zero-order valence-electron chi connectivity index (χ0n) is 8.89. The van der Waals surface area contributed by atoms with E-state index in [9.17, 15) is 0 Å². The Kier molecular flexibility index (Phi) is 4.98. The summed E-state index contributed by atoms with van der Waals surface area (Å²) in [5, 5.41) is 8.18. The lowest BCUT2D eigenvalue weighted by Gasteiger charge is -2.06. The van der Waals surface area contributed by atoms with Crippen LogP contribution in [0.2, 0.25) is 5.02 Å². The largest absolute Gasteiger partial charge is 0.320 e. The summed E-state index contributed by atoms with van der Waals surface area (Å²) in [4.78, 5) is 0. The molecule has 80 valence electrons. The van der Waals surface area contributed by atoms with Gasteiger partial charge in [-0.05, 0) is 32.9 Å². The van der Waals surface area contributed by atoms with E-state index >= 15 is 0 Å². The van der Waals surface area contributed by atoms with Crippen LogP contribution in [0.25, 0.3) is 0 Å². The lowest BCUT2D eigenvalue weighted by molar-refractivity contribution is 0.564. The summed E-state index contributed by atoms with van der Waals surface area (Å²) in [6.45, 7) is 4.13. The van der Waals surface area contributed by atoms with Gasteiger partial charge in [0.05, 0.1) is 16.9 Å². The molecule has 0 unspecified atom stereocenters. The van der Waals surface area contributed by atoms with Crippen LogP contribution in [0.4, 0.5) is 0 Å². The Balaban J connectivity index is 2.57.